The second-order valence-electron chi connectivity index (χ2n) is 7.62. The summed E-state index contributed by atoms with van der Waals surface area (Å²) >= 11 is 6.00. The molecule has 1 aromatic carbocycles. The van der Waals surface area contributed by atoms with Gasteiger partial charge >= 0.3 is 0 Å². The van der Waals surface area contributed by atoms with Gasteiger partial charge in [0.25, 0.3) is 5.91 Å². The molecule has 9 heteroatoms. The van der Waals surface area contributed by atoms with Crippen molar-refractivity contribution in [2.45, 2.75) is 19.4 Å². The minimum Gasteiger partial charge on any atom is -0.493 e. The van der Waals surface area contributed by atoms with Crippen LogP contribution in [0.25, 0.3) is 0 Å². The molecule has 3 heterocycles. The predicted molar refractivity (Wildman–Crippen MR) is 116 cm³/mol. The van der Waals surface area contributed by atoms with Crippen LogP contribution in [-0.4, -0.2) is 56.7 Å². The summed E-state index contributed by atoms with van der Waals surface area (Å²) in [7, 11) is 3.74. The lowest BCUT2D eigenvalue weighted by Gasteiger charge is -2.32. The molecule has 1 aliphatic rings. The first-order valence-electron chi connectivity index (χ1n) is 10.2. The first-order valence-corrected chi connectivity index (χ1v) is 10.6. The molecule has 1 atom stereocenters. The molecule has 0 aliphatic carbocycles. The topological polar surface area (TPSA) is 74.4 Å². The number of aromatic nitrogens is 4. The Labute approximate surface area is 186 Å². The van der Waals surface area contributed by atoms with Gasteiger partial charge in [0.15, 0.2) is 0 Å². The molecule has 31 heavy (non-hydrogen) atoms. The highest BCUT2D eigenvalue weighted by molar-refractivity contribution is 6.30. The van der Waals surface area contributed by atoms with Crippen LogP contribution in [-0.2, 0) is 25.3 Å². The molecule has 8 nitrogen and oxygen atoms in total. The van der Waals surface area contributed by atoms with Crippen molar-refractivity contribution in [2.24, 2.45) is 14.1 Å². The van der Waals surface area contributed by atoms with Crippen LogP contribution in [0.2, 0.25) is 5.02 Å². The van der Waals surface area contributed by atoms with Gasteiger partial charge in [-0.15, -0.1) is 0 Å². The van der Waals surface area contributed by atoms with E-state index in [1.165, 1.54) is 0 Å². The van der Waals surface area contributed by atoms with E-state index in [9.17, 15) is 4.79 Å². The lowest BCUT2D eigenvalue weighted by molar-refractivity contribution is -0.0249. The van der Waals surface area contributed by atoms with E-state index in [4.69, 9.17) is 21.1 Å². The zero-order valence-electron chi connectivity index (χ0n) is 17.9. The number of morpholine rings is 1. The fourth-order valence-corrected chi connectivity index (χ4v) is 3.82. The zero-order valence-corrected chi connectivity index (χ0v) is 18.7. The largest absolute Gasteiger partial charge is 0.493 e. The van der Waals surface area contributed by atoms with Crippen molar-refractivity contribution < 1.29 is 14.3 Å². The normalized spacial score (nSPS) is 16.5. The van der Waals surface area contributed by atoms with Gasteiger partial charge in [-0.05, 0) is 31.2 Å². The highest BCUT2D eigenvalue weighted by Crippen LogP contribution is 2.24. The van der Waals surface area contributed by atoms with E-state index >= 15 is 0 Å². The summed E-state index contributed by atoms with van der Waals surface area (Å²) in [6.07, 6.45) is 2.06. The average Bonchev–Trinajstić information content (AvgIpc) is 3.30. The van der Waals surface area contributed by atoms with E-state index in [1.807, 2.05) is 54.9 Å². The zero-order chi connectivity index (χ0) is 22.0. The fourth-order valence-electron chi connectivity index (χ4n) is 3.64. The molecule has 1 aliphatic heterocycles. The van der Waals surface area contributed by atoms with Crippen molar-refractivity contribution in [3.8, 4) is 5.75 Å². The quantitative estimate of drug-likeness (QED) is 0.585. The Bertz CT molecular complexity index is 1080. The summed E-state index contributed by atoms with van der Waals surface area (Å²) in [6.45, 7) is 3.89. The Balaban J connectivity index is 1.39. The van der Waals surface area contributed by atoms with Crippen LogP contribution in [0.5, 0.6) is 5.75 Å². The van der Waals surface area contributed by atoms with Gasteiger partial charge in [-0.1, -0.05) is 17.7 Å². The number of halogens is 1. The summed E-state index contributed by atoms with van der Waals surface area (Å²) in [5.41, 5.74) is 3.34. The number of nitrogens with zero attached hydrogens (tertiary/aromatic N) is 5. The minimum atomic E-state index is -0.261. The molecule has 3 aromatic rings. The maximum atomic E-state index is 12.9. The van der Waals surface area contributed by atoms with E-state index in [1.54, 1.807) is 16.9 Å². The molecule has 4 rings (SSSR count). The second kappa shape index (κ2) is 9.11. The summed E-state index contributed by atoms with van der Waals surface area (Å²) < 4.78 is 15.3. The minimum absolute atomic E-state index is 0.0232. The molecular weight excluding hydrogens is 418 g/mol. The molecule has 164 valence electrons. The van der Waals surface area contributed by atoms with Crippen molar-refractivity contribution >= 4 is 17.5 Å². The van der Waals surface area contributed by atoms with E-state index in [0.29, 0.717) is 43.3 Å². The summed E-state index contributed by atoms with van der Waals surface area (Å²) in [5, 5.41) is 9.45. The van der Waals surface area contributed by atoms with Crippen LogP contribution < -0.4 is 4.74 Å². The third-order valence-electron chi connectivity index (χ3n) is 5.57. The van der Waals surface area contributed by atoms with Crippen LogP contribution >= 0.6 is 11.6 Å². The molecule has 0 N–H and O–H groups in total. The molecule has 0 radical (unpaired) electrons. The number of carbonyl (C=O) groups is 1. The van der Waals surface area contributed by atoms with Gasteiger partial charge in [-0.25, -0.2) is 0 Å². The molecular formula is C22H26ClN5O3. The molecule has 1 saturated heterocycles. The maximum absolute atomic E-state index is 12.9. The Hall–Kier alpha value is -2.84. The lowest BCUT2D eigenvalue weighted by Crippen LogP contribution is -2.42. The Morgan fingerprint density at radius 2 is 2.13 bits per heavy atom. The summed E-state index contributed by atoms with van der Waals surface area (Å²) in [5.74, 6) is 0.718. The van der Waals surface area contributed by atoms with E-state index < -0.39 is 0 Å². The van der Waals surface area contributed by atoms with Crippen LogP contribution in [0.3, 0.4) is 0 Å². The Kier molecular flexibility index (Phi) is 6.29. The van der Waals surface area contributed by atoms with Crippen molar-refractivity contribution in [1.29, 1.82) is 0 Å². The molecule has 1 amide bonds. The van der Waals surface area contributed by atoms with E-state index in [0.717, 1.165) is 22.8 Å². The van der Waals surface area contributed by atoms with Gasteiger partial charge < -0.3 is 14.4 Å². The van der Waals surface area contributed by atoms with Gasteiger partial charge in [0.1, 0.15) is 11.9 Å². The van der Waals surface area contributed by atoms with Gasteiger partial charge in [0.05, 0.1) is 37.2 Å². The van der Waals surface area contributed by atoms with Crippen molar-refractivity contribution in [1.82, 2.24) is 24.5 Å². The standard InChI is InChI=1S/C22H26ClN5O3/c1-15-19(13-24-26(15)2)22(29)28-8-10-31-21(14-28)20-12-17(27(3)25-20)7-9-30-18-6-4-5-16(23)11-18/h4-6,11-13,21H,7-10,14H2,1-3H3/t21-/m1/s1. The number of hydrogen-bond donors (Lipinski definition) is 0. The van der Waals surface area contributed by atoms with Crippen molar-refractivity contribution in [3.63, 3.8) is 0 Å². The fraction of sp³-hybridized carbons (Fsp3) is 0.409. The number of hydrogen-bond acceptors (Lipinski definition) is 5. The molecule has 1 fully saturated rings. The number of aryl methyl sites for hydroxylation is 2. The van der Waals surface area contributed by atoms with Crippen LogP contribution in [0.4, 0.5) is 0 Å². The predicted octanol–water partition coefficient (Wildman–Crippen LogP) is 2.95. The van der Waals surface area contributed by atoms with E-state index in [-0.39, 0.29) is 12.0 Å². The first kappa shape index (κ1) is 21.4. The number of amides is 1. The van der Waals surface area contributed by atoms with Crippen LogP contribution in [0, 0.1) is 6.92 Å². The highest BCUT2D eigenvalue weighted by atomic mass is 35.5. The van der Waals surface area contributed by atoms with Crippen LogP contribution in [0.1, 0.15) is 33.5 Å². The molecule has 0 bridgehead atoms. The Morgan fingerprint density at radius 1 is 1.29 bits per heavy atom. The monoisotopic (exact) mass is 443 g/mol. The van der Waals surface area contributed by atoms with E-state index in [2.05, 4.69) is 10.2 Å². The van der Waals surface area contributed by atoms with Crippen LogP contribution in [0.15, 0.2) is 36.5 Å². The van der Waals surface area contributed by atoms with Crippen molar-refractivity contribution in [3.05, 3.63) is 64.2 Å². The lowest BCUT2D eigenvalue weighted by atomic mass is 10.1. The molecule has 0 unspecified atom stereocenters. The number of benzene rings is 1. The average molecular weight is 444 g/mol. The van der Waals surface area contributed by atoms with Gasteiger partial charge in [0.2, 0.25) is 0 Å². The summed E-state index contributed by atoms with van der Waals surface area (Å²) in [4.78, 5) is 14.8. The molecule has 0 spiro atoms. The number of rotatable bonds is 6. The number of ether oxygens (including phenoxy) is 2. The smallest absolute Gasteiger partial charge is 0.257 e. The maximum Gasteiger partial charge on any atom is 0.257 e. The third-order valence-corrected chi connectivity index (χ3v) is 5.80. The number of carbonyl (C=O) groups excluding carboxylic acids is 1. The highest BCUT2D eigenvalue weighted by Gasteiger charge is 2.29. The third kappa shape index (κ3) is 4.75. The van der Waals surface area contributed by atoms with Gasteiger partial charge in [-0.2, -0.15) is 10.2 Å². The second-order valence-corrected chi connectivity index (χ2v) is 8.05. The van der Waals surface area contributed by atoms with Gasteiger partial charge in [-0.3, -0.25) is 14.2 Å². The molecule has 0 saturated carbocycles. The molecule has 2 aromatic heterocycles. The summed E-state index contributed by atoms with van der Waals surface area (Å²) in [6, 6.07) is 9.37. The van der Waals surface area contributed by atoms with Crippen molar-refractivity contribution in [2.75, 3.05) is 26.3 Å². The Morgan fingerprint density at radius 3 is 2.87 bits per heavy atom. The van der Waals surface area contributed by atoms with Gasteiger partial charge in [0, 0.05) is 43.5 Å². The first-order chi connectivity index (χ1) is 14.9. The SMILES string of the molecule is Cc1c(C(=O)N2CCO[C@@H](c3cc(CCOc4cccc(Cl)c4)n(C)n3)C2)cnn1C.